The van der Waals surface area contributed by atoms with Crippen LogP contribution in [0.25, 0.3) is 0 Å². The Bertz CT molecular complexity index is 484. The maximum atomic E-state index is 11.8. The number of hydrogen-bond donors (Lipinski definition) is 1. The van der Waals surface area contributed by atoms with Crippen LogP contribution >= 0.6 is 0 Å². The summed E-state index contributed by atoms with van der Waals surface area (Å²) in [7, 11) is 0. The molecular formula is C15H22N4O. The molecule has 2 fully saturated rings. The van der Waals surface area contributed by atoms with Crippen molar-refractivity contribution in [1.82, 2.24) is 15.3 Å². The summed E-state index contributed by atoms with van der Waals surface area (Å²) in [5.41, 5.74) is 1.01. The minimum atomic E-state index is 0.261. The van der Waals surface area contributed by atoms with Crippen LogP contribution in [0.3, 0.4) is 0 Å². The standard InChI is InChI=1S/C15H22N4O/c1-10-9-14(17-11(2)16-10)19-7-5-13(6-8-19)18-15(20)12-3-4-12/h9,12-13H,3-8H2,1-2H3,(H,18,20). The molecule has 5 heteroatoms. The first-order chi connectivity index (χ1) is 9.61. The molecule has 1 amide bonds. The average molecular weight is 274 g/mol. The lowest BCUT2D eigenvalue weighted by Gasteiger charge is -2.33. The van der Waals surface area contributed by atoms with E-state index in [-0.39, 0.29) is 5.91 Å². The molecule has 1 aromatic rings. The SMILES string of the molecule is Cc1cc(N2CCC(NC(=O)C3CC3)CC2)nc(C)n1. The van der Waals surface area contributed by atoms with Gasteiger partial charge >= 0.3 is 0 Å². The maximum Gasteiger partial charge on any atom is 0.223 e. The Morgan fingerprint density at radius 3 is 2.50 bits per heavy atom. The van der Waals surface area contributed by atoms with Crippen LogP contribution in [-0.4, -0.2) is 35.0 Å². The van der Waals surface area contributed by atoms with Crippen LogP contribution in [0, 0.1) is 19.8 Å². The van der Waals surface area contributed by atoms with Gasteiger partial charge in [0.05, 0.1) is 0 Å². The highest BCUT2D eigenvalue weighted by Crippen LogP contribution is 2.29. The molecule has 0 aromatic carbocycles. The summed E-state index contributed by atoms with van der Waals surface area (Å²) in [5, 5.41) is 3.18. The van der Waals surface area contributed by atoms with Crippen molar-refractivity contribution in [2.45, 2.75) is 45.6 Å². The van der Waals surface area contributed by atoms with E-state index >= 15 is 0 Å². The van der Waals surface area contributed by atoms with Crippen LogP contribution in [-0.2, 0) is 4.79 Å². The Balaban J connectivity index is 1.56. The Kier molecular flexibility index (Phi) is 3.59. The zero-order valence-electron chi connectivity index (χ0n) is 12.2. The summed E-state index contributed by atoms with van der Waals surface area (Å²) < 4.78 is 0. The van der Waals surface area contributed by atoms with Gasteiger partial charge in [-0.1, -0.05) is 0 Å². The van der Waals surface area contributed by atoms with Crippen LogP contribution in [0.2, 0.25) is 0 Å². The largest absolute Gasteiger partial charge is 0.356 e. The number of piperidine rings is 1. The number of nitrogens with one attached hydrogen (secondary N) is 1. The lowest BCUT2D eigenvalue weighted by molar-refractivity contribution is -0.123. The first-order valence-corrected chi connectivity index (χ1v) is 7.49. The molecule has 1 saturated carbocycles. The minimum Gasteiger partial charge on any atom is -0.356 e. The van der Waals surface area contributed by atoms with E-state index in [1.165, 1.54) is 0 Å². The third-order valence-corrected chi connectivity index (χ3v) is 4.07. The second-order valence-electron chi connectivity index (χ2n) is 5.96. The van der Waals surface area contributed by atoms with Crippen molar-refractivity contribution in [2.24, 2.45) is 5.92 Å². The Morgan fingerprint density at radius 2 is 1.90 bits per heavy atom. The fraction of sp³-hybridized carbons (Fsp3) is 0.667. The molecule has 0 radical (unpaired) electrons. The summed E-state index contributed by atoms with van der Waals surface area (Å²) in [6, 6.07) is 2.37. The molecule has 1 N–H and O–H groups in total. The van der Waals surface area contributed by atoms with Crippen LogP contribution in [0.1, 0.15) is 37.2 Å². The van der Waals surface area contributed by atoms with E-state index in [1.807, 2.05) is 19.9 Å². The normalized spacial score (nSPS) is 20.0. The number of aryl methyl sites for hydroxylation is 2. The maximum absolute atomic E-state index is 11.8. The summed E-state index contributed by atoms with van der Waals surface area (Å²) in [5.74, 6) is 2.41. The molecule has 3 rings (SSSR count). The highest BCUT2D eigenvalue weighted by atomic mass is 16.2. The molecule has 108 valence electrons. The van der Waals surface area contributed by atoms with Crippen LogP contribution in [0.15, 0.2) is 6.07 Å². The van der Waals surface area contributed by atoms with Crippen molar-refractivity contribution in [3.63, 3.8) is 0 Å². The van der Waals surface area contributed by atoms with Gasteiger partial charge in [-0.2, -0.15) is 0 Å². The van der Waals surface area contributed by atoms with Crippen molar-refractivity contribution >= 4 is 11.7 Å². The monoisotopic (exact) mass is 274 g/mol. The predicted octanol–water partition coefficient (Wildman–Crippen LogP) is 1.59. The Morgan fingerprint density at radius 1 is 1.20 bits per heavy atom. The smallest absolute Gasteiger partial charge is 0.223 e. The molecule has 0 spiro atoms. The third kappa shape index (κ3) is 3.08. The fourth-order valence-electron chi connectivity index (χ4n) is 2.78. The first kappa shape index (κ1) is 13.3. The molecule has 2 heterocycles. The summed E-state index contributed by atoms with van der Waals surface area (Å²) in [6.45, 7) is 5.83. The zero-order valence-corrected chi connectivity index (χ0v) is 12.2. The first-order valence-electron chi connectivity index (χ1n) is 7.49. The van der Waals surface area contributed by atoms with Crippen molar-refractivity contribution in [2.75, 3.05) is 18.0 Å². The van der Waals surface area contributed by atoms with Crippen molar-refractivity contribution in [1.29, 1.82) is 0 Å². The Hall–Kier alpha value is -1.65. The number of rotatable bonds is 3. The van der Waals surface area contributed by atoms with Gasteiger partial charge < -0.3 is 10.2 Å². The van der Waals surface area contributed by atoms with Crippen LogP contribution in [0.4, 0.5) is 5.82 Å². The summed E-state index contributed by atoms with van der Waals surface area (Å²) in [4.78, 5) is 22.9. The van der Waals surface area contributed by atoms with Gasteiger partial charge in [-0.15, -0.1) is 0 Å². The summed E-state index contributed by atoms with van der Waals surface area (Å²) >= 11 is 0. The van der Waals surface area contributed by atoms with E-state index in [4.69, 9.17) is 0 Å². The van der Waals surface area contributed by atoms with Crippen LogP contribution in [0.5, 0.6) is 0 Å². The van der Waals surface area contributed by atoms with Gasteiger partial charge in [-0.05, 0) is 39.5 Å². The molecule has 1 aliphatic carbocycles. The fourth-order valence-corrected chi connectivity index (χ4v) is 2.78. The number of nitrogens with zero attached hydrogens (tertiary/aromatic N) is 3. The molecule has 1 saturated heterocycles. The molecule has 0 unspecified atom stereocenters. The topological polar surface area (TPSA) is 58.1 Å². The highest BCUT2D eigenvalue weighted by Gasteiger charge is 2.31. The Labute approximate surface area is 119 Å². The molecule has 0 atom stereocenters. The second-order valence-corrected chi connectivity index (χ2v) is 5.96. The summed E-state index contributed by atoms with van der Waals surface area (Å²) in [6.07, 6.45) is 4.15. The molecule has 5 nitrogen and oxygen atoms in total. The van der Waals surface area contributed by atoms with E-state index in [1.54, 1.807) is 0 Å². The number of aromatic nitrogens is 2. The quantitative estimate of drug-likeness (QED) is 0.909. The zero-order chi connectivity index (χ0) is 14.1. The van der Waals surface area contributed by atoms with Gasteiger partial charge in [0.15, 0.2) is 0 Å². The van der Waals surface area contributed by atoms with E-state index in [0.29, 0.717) is 12.0 Å². The molecule has 2 aliphatic rings. The van der Waals surface area contributed by atoms with Gasteiger partial charge in [-0.3, -0.25) is 4.79 Å². The molecular weight excluding hydrogens is 252 g/mol. The third-order valence-electron chi connectivity index (χ3n) is 4.07. The van der Waals surface area contributed by atoms with E-state index in [2.05, 4.69) is 20.2 Å². The molecule has 20 heavy (non-hydrogen) atoms. The second kappa shape index (κ2) is 5.38. The van der Waals surface area contributed by atoms with Gasteiger partial charge in [0.1, 0.15) is 11.6 Å². The average Bonchev–Trinajstić information content (AvgIpc) is 3.22. The number of hydrogen-bond acceptors (Lipinski definition) is 4. The van der Waals surface area contributed by atoms with E-state index in [0.717, 1.165) is 56.1 Å². The number of anilines is 1. The van der Waals surface area contributed by atoms with Gasteiger partial charge in [0.25, 0.3) is 0 Å². The number of amides is 1. The predicted molar refractivity (Wildman–Crippen MR) is 77.6 cm³/mol. The van der Waals surface area contributed by atoms with Gasteiger partial charge in [0.2, 0.25) is 5.91 Å². The van der Waals surface area contributed by atoms with E-state index in [9.17, 15) is 4.79 Å². The van der Waals surface area contributed by atoms with Crippen molar-refractivity contribution < 1.29 is 4.79 Å². The number of carbonyl (C=O) groups is 1. The van der Waals surface area contributed by atoms with E-state index < -0.39 is 0 Å². The molecule has 1 aromatic heterocycles. The lowest BCUT2D eigenvalue weighted by Crippen LogP contribution is -2.45. The van der Waals surface area contributed by atoms with Gasteiger partial charge in [-0.25, -0.2) is 9.97 Å². The minimum absolute atomic E-state index is 0.261. The molecule has 0 bridgehead atoms. The van der Waals surface area contributed by atoms with Crippen LogP contribution < -0.4 is 10.2 Å². The van der Waals surface area contributed by atoms with Gasteiger partial charge in [0, 0.05) is 36.8 Å². The molecule has 1 aliphatic heterocycles. The number of carbonyl (C=O) groups excluding carboxylic acids is 1. The van der Waals surface area contributed by atoms with Crippen molar-refractivity contribution in [3.05, 3.63) is 17.6 Å². The van der Waals surface area contributed by atoms with Crippen molar-refractivity contribution in [3.8, 4) is 0 Å². The highest BCUT2D eigenvalue weighted by molar-refractivity contribution is 5.81. The lowest BCUT2D eigenvalue weighted by atomic mass is 10.0.